The number of aliphatic hydroxyl groups is 1. The number of primary amides is 1. The molecule has 6 heteroatoms. The molecule has 0 spiro atoms. The second kappa shape index (κ2) is 7.19. The normalized spacial score (nSPS) is 14.8. The summed E-state index contributed by atoms with van der Waals surface area (Å²) in [6.07, 6.45) is -0.617. The van der Waals surface area contributed by atoms with Gasteiger partial charge in [-0.1, -0.05) is 13.8 Å². The number of carbonyl (C=O) groups is 2. The molecule has 94 valence electrons. The van der Waals surface area contributed by atoms with E-state index in [1.165, 1.54) is 0 Å². The van der Waals surface area contributed by atoms with Gasteiger partial charge in [0.2, 0.25) is 5.91 Å². The van der Waals surface area contributed by atoms with E-state index in [0.717, 1.165) is 0 Å². The van der Waals surface area contributed by atoms with E-state index < -0.39 is 23.9 Å². The highest BCUT2D eigenvalue weighted by atomic mass is 16.4. The van der Waals surface area contributed by atoms with E-state index in [1.54, 1.807) is 0 Å². The maximum absolute atomic E-state index is 10.9. The fourth-order valence-electron chi connectivity index (χ4n) is 1.42. The molecule has 0 fully saturated rings. The van der Waals surface area contributed by atoms with Gasteiger partial charge in [0.05, 0.1) is 18.6 Å². The van der Waals surface area contributed by atoms with Gasteiger partial charge in [-0.2, -0.15) is 0 Å². The predicted molar refractivity (Wildman–Crippen MR) is 58.7 cm³/mol. The number of rotatable bonds is 8. The minimum Gasteiger partial charge on any atom is -0.481 e. The number of nitrogens with one attached hydrogen (secondary N) is 1. The van der Waals surface area contributed by atoms with Crippen LogP contribution in [0, 0.1) is 11.8 Å². The Morgan fingerprint density at radius 3 is 2.31 bits per heavy atom. The number of hydrogen-bond donors (Lipinski definition) is 4. The Labute approximate surface area is 94.8 Å². The largest absolute Gasteiger partial charge is 0.481 e. The van der Waals surface area contributed by atoms with Crippen LogP contribution in [0.2, 0.25) is 0 Å². The van der Waals surface area contributed by atoms with E-state index in [0.29, 0.717) is 6.42 Å². The van der Waals surface area contributed by atoms with Crippen molar-refractivity contribution in [3.8, 4) is 0 Å². The van der Waals surface area contributed by atoms with E-state index >= 15 is 0 Å². The van der Waals surface area contributed by atoms with Gasteiger partial charge in [-0.05, 0) is 12.3 Å². The van der Waals surface area contributed by atoms with Crippen LogP contribution in [0.3, 0.4) is 0 Å². The number of carbonyl (C=O) groups excluding carboxylic acids is 1. The van der Waals surface area contributed by atoms with Gasteiger partial charge in [-0.25, -0.2) is 0 Å². The number of carboxylic acids is 1. The SMILES string of the molecule is CC(C)CC(C(=O)O)C(O)CNCC(N)=O. The van der Waals surface area contributed by atoms with Gasteiger partial charge in [0.25, 0.3) is 0 Å². The lowest BCUT2D eigenvalue weighted by Gasteiger charge is -2.20. The summed E-state index contributed by atoms with van der Waals surface area (Å²) in [6, 6.07) is 0. The van der Waals surface area contributed by atoms with Crippen molar-refractivity contribution in [1.82, 2.24) is 5.32 Å². The summed E-state index contributed by atoms with van der Waals surface area (Å²) in [6.45, 7) is 3.76. The minimum absolute atomic E-state index is 0.0482. The molecule has 5 N–H and O–H groups in total. The Kier molecular flexibility index (Phi) is 6.67. The molecule has 2 unspecified atom stereocenters. The smallest absolute Gasteiger partial charge is 0.309 e. The zero-order valence-corrected chi connectivity index (χ0v) is 9.64. The predicted octanol–water partition coefficient (Wildman–Crippen LogP) is -0.831. The summed E-state index contributed by atoms with van der Waals surface area (Å²) >= 11 is 0. The van der Waals surface area contributed by atoms with Crippen LogP contribution < -0.4 is 11.1 Å². The molecule has 0 rings (SSSR count). The van der Waals surface area contributed by atoms with E-state index in [2.05, 4.69) is 5.32 Å². The minimum atomic E-state index is -1.03. The van der Waals surface area contributed by atoms with Crippen molar-refractivity contribution < 1.29 is 19.8 Å². The van der Waals surface area contributed by atoms with E-state index in [1.807, 2.05) is 13.8 Å². The molecule has 0 aliphatic rings. The summed E-state index contributed by atoms with van der Waals surface area (Å²) in [5.41, 5.74) is 4.90. The molecule has 2 atom stereocenters. The van der Waals surface area contributed by atoms with Crippen LogP contribution in [0.15, 0.2) is 0 Å². The molecule has 0 saturated heterocycles. The Morgan fingerprint density at radius 2 is 1.94 bits per heavy atom. The molecule has 0 aromatic heterocycles. The second-order valence-electron chi connectivity index (χ2n) is 4.24. The Morgan fingerprint density at radius 1 is 1.38 bits per heavy atom. The third-order valence-corrected chi connectivity index (χ3v) is 2.16. The van der Waals surface area contributed by atoms with Gasteiger partial charge >= 0.3 is 5.97 Å². The fraction of sp³-hybridized carbons (Fsp3) is 0.800. The Bertz CT molecular complexity index is 243. The van der Waals surface area contributed by atoms with Crippen LogP contribution in [0.4, 0.5) is 0 Å². The lowest BCUT2D eigenvalue weighted by molar-refractivity contribution is -0.146. The molecule has 0 radical (unpaired) electrons. The van der Waals surface area contributed by atoms with Crippen LogP contribution in [-0.2, 0) is 9.59 Å². The Hall–Kier alpha value is -1.14. The number of hydrogen-bond acceptors (Lipinski definition) is 4. The molecule has 0 heterocycles. The molecule has 0 aromatic rings. The zero-order valence-electron chi connectivity index (χ0n) is 9.64. The monoisotopic (exact) mass is 232 g/mol. The third kappa shape index (κ3) is 6.36. The zero-order chi connectivity index (χ0) is 12.7. The lowest BCUT2D eigenvalue weighted by atomic mass is 9.92. The molecule has 0 saturated carbocycles. The van der Waals surface area contributed by atoms with Gasteiger partial charge in [0, 0.05) is 6.54 Å². The van der Waals surface area contributed by atoms with Crippen LogP contribution in [0.25, 0.3) is 0 Å². The molecular formula is C10H20N2O4. The van der Waals surface area contributed by atoms with Crippen molar-refractivity contribution in [2.45, 2.75) is 26.4 Å². The van der Waals surface area contributed by atoms with Crippen LogP contribution in [0.1, 0.15) is 20.3 Å². The molecule has 0 bridgehead atoms. The van der Waals surface area contributed by atoms with Gasteiger partial charge in [-0.3, -0.25) is 9.59 Å². The third-order valence-electron chi connectivity index (χ3n) is 2.16. The molecule has 16 heavy (non-hydrogen) atoms. The number of aliphatic carboxylic acids is 1. The average Bonchev–Trinajstić information content (AvgIpc) is 2.12. The lowest BCUT2D eigenvalue weighted by Crippen LogP contribution is -2.40. The molecule has 0 aromatic carbocycles. The number of carboxylic acid groups (broad SMARTS) is 1. The van der Waals surface area contributed by atoms with Gasteiger partial charge in [-0.15, -0.1) is 0 Å². The quantitative estimate of drug-likeness (QED) is 0.436. The number of aliphatic hydroxyl groups excluding tert-OH is 1. The number of nitrogens with two attached hydrogens (primary N) is 1. The fourth-order valence-corrected chi connectivity index (χ4v) is 1.42. The highest BCUT2D eigenvalue weighted by Crippen LogP contribution is 2.15. The first kappa shape index (κ1) is 14.9. The average molecular weight is 232 g/mol. The molecule has 6 nitrogen and oxygen atoms in total. The topological polar surface area (TPSA) is 113 Å². The maximum Gasteiger partial charge on any atom is 0.309 e. The van der Waals surface area contributed by atoms with Crippen molar-refractivity contribution in [2.75, 3.05) is 13.1 Å². The first-order chi connectivity index (χ1) is 7.34. The summed E-state index contributed by atoms with van der Waals surface area (Å²) < 4.78 is 0. The highest BCUT2D eigenvalue weighted by Gasteiger charge is 2.26. The van der Waals surface area contributed by atoms with Crippen molar-refractivity contribution in [1.29, 1.82) is 0 Å². The first-order valence-electron chi connectivity index (χ1n) is 5.24. The summed E-state index contributed by atoms with van der Waals surface area (Å²) in [5.74, 6) is -2.20. The van der Waals surface area contributed by atoms with Crippen LogP contribution in [-0.4, -0.2) is 41.3 Å². The highest BCUT2D eigenvalue weighted by molar-refractivity contribution is 5.75. The van der Waals surface area contributed by atoms with E-state index in [-0.39, 0.29) is 19.0 Å². The van der Waals surface area contributed by atoms with Crippen LogP contribution in [0.5, 0.6) is 0 Å². The molecule has 1 amide bonds. The van der Waals surface area contributed by atoms with Crippen molar-refractivity contribution >= 4 is 11.9 Å². The molecule has 0 aliphatic carbocycles. The van der Waals surface area contributed by atoms with Crippen molar-refractivity contribution in [3.63, 3.8) is 0 Å². The van der Waals surface area contributed by atoms with E-state index in [4.69, 9.17) is 10.8 Å². The first-order valence-corrected chi connectivity index (χ1v) is 5.24. The van der Waals surface area contributed by atoms with Gasteiger partial charge in [0.15, 0.2) is 0 Å². The standard InChI is InChI=1S/C10H20N2O4/c1-6(2)3-7(10(15)16)8(13)4-12-5-9(11)14/h6-8,12-13H,3-5H2,1-2H3,(H2,11,14)(H,15,16). The van der Waals surface area contributed by atoms with Crippen LogP contribution >= 0.6 is 0 Å². The second-order valence-corrected chi connectivity index (χ2v) is 4.24. The molecule has 0 aliphatic heterocycles. The summed E-state index contributed by atoms with van der Waals surface area (Å²) in [7, 11) is 0. The van der Waals surface area contributed by atoms with Crippen molar-refractivity contribution in [3.05, 3.63) is 0 Å². The van der Waals surface area contributed by atoms with Crippen molar-refractivity contribution in [2.24, 2.45) is 17.6 Å². The number of amides is 1. The summed E-state index contributed by atoms with van der Waals surface area (Å²) in [4.78, 5) is 21.3. The van der Waals surface area contributed by atoms with Gasteiger partial charge < -0.3 is 21.3 Å². The molecular weight excluding hydrogens is 212 g/mol. The van der Waals surface area contributed by atoms with E-state index in [9.17, 15) is 14.7 Å². The van der Waals surface area contributed by atoms with Gasteiger partial charge in [0.1, 0.15) is 0 Å². The maximum atomic E-state index is 10.9. The summed E-state index contributed by atoms with van der Waals surface area (Å²) in [5, 5.41) is 21.2. The Balaban J connectivity index is 4.11.